The van der Waals surface area contributed by atoms with Gasteiger partial charge in [-0.25, -0.2) is 5.21 Å². The van der Waals surface area contributed by atoms with Crippen molar-refractivity contribution in [3.8, 4) is 0 Å². The molecule has 3 heteroatoms. The number of hydrogen-bond acceptors (Lipinski definition) is 2. The summed E-state index contributed by atoms with van der Waals surface area (Å²) >= 11 is 0. The average Bonchev–Trinajstić information content (AvgIpc) is 1.88. The van der Waals surface area contributed by atoms with E-state index in [0.717, 1.165) is 19.6 Å². The number of quaternary nitrogens is 1. The summed E-state index contributed by atoms with van der Waals surface area (Å²) < 4.78 is 5.23. The van der Waals surface area contributed by atoms with Gasteiger partial charge in [-0.15, -0.1) is 7.05 Å². The van der Waals surface area contributed by atoms with Crippen LogP contribution in [0.2, 0.25) is 0 Å². The van der Waals surface area contributed by atoms with Crippen LogP contribution in [0, 0.1) is 13.0 Å². The van der Waals surface area contributed by atoms with E-state index in [-0.39, 0.29) is 5.06 Å². The predicted molar refractivity (Wildman–Crippen MR) is 36.5 cm³/mol. The van der Waals surface area contributed by atoms with Crippen LogP contribution < -0.4 is 5.06 Å². The van der Waals surface area contributed by atoms with Crippen molar-refractivity contribution in [3.63, 3.8) is 0 Å². The summed E-state index contributed by atoms with van der Waals surface area (Å²) in [6, 6.07) is 0. The average molecular weight is 145 g/mol. The van der Waals surface area contributed by atoms with Gasteiger partial charge in [0, 0.05) is 12.5 Å². The number of ether oxygens (including phenoxy) is 1. The first-order valence-corrected chi connectivity index (χ1v) is 3.73. The Kier molecular flexibility index (Phi) is 3.12. The van der Waals surface area contributed by atoms with Crippen LogP contribution in [0.1, 0.15) is 12.8 Å². The highest BCUT2D eigenvalue weighted by Gasteiger charge is 2.15. The third-order valence-corrected chi connectivity index (χ3v) is 1.78. The zero-order valence-corrected chi connectivity index (χ0v) is 6.18. The van der Waals surface area contributed by atoms with Crippen LogP contribution in [-0.4, -0.2) is 25.0 Å². The summed E-state index contributed by atoms with van der Waals surface area (Å²) in [7, 11) is 3.45. The molecule has 0 aliphatic carbocycles. The van der Waals surface area contributed by atoms with Crippen molar-refractivity contribution in [1.82, 2.24) is 0 Å². The molecule has 60 valence electrons. The summed E-state index contributed by atoms with van der Waals surface area (Å²) in [6.45, 7) is 2.38. The van der Waals surface area contributed by atoms with Gasteiger partial charge in [-0.3, -0.25) is 0 Å². The van der Waals surface area contributed by atoms with Crippen molar-refractivity contribution in [3.05, 3.63) is 7.05 Å². The molecular weight excluding hydrogens is 130 g/mol. The Labute approximate surface area is 61.5 Å². The SMILES string of the molecule is [CH2-][NH+](O)CC1CCCOC1. The molecule has 0 saturated carbocycles. The molecule has 2 N–H and O–H groups in total. The van der Waals surface area contributed by atoms with Gasteiger partial charge in [0.05, 0.1) is 13.2 Å². The first-order chi connectivity index (χ1) is 4.79. The molecule has 2 atom stereocenters. The number of rotatable bonds is 2. The molecule has 0 spiro atoms. The Morgan fingerprint density at radius 1 is 1.70 bits per heavy atom. The van der Waals surface area contributed by atoms with Crippen molar-refractivity contribution >= 4 is 0 Å². The lowest BCUT2D eigenvalue weighted by Crippen LogP contribution is -3.05. The van der Waals surface area contributed by atoms with E-state index < -0.39 is 0 Å². The molecule has 3 nitrogen and oxygen atoms in total. The monoisotopic (exact) mass is 145 g/mol. The van der Waals surface area contributed by atoms with Gasteiger partial charge in [-0.1, -0.05) is 0 Å². The molecule has 1 aliphatic heterocycles. The van der Waals surface area contributed by atoms with Crippen molar-refractivity contribution in [2.75, 3.05) is 19.8 Å². The Morgan fingerprint density at radius 3 is 3.00 bits per heavy atom. The van der Waals surface area contributed by atoms with E-state index in [4.69, 9.17) is 9.94 Å². The highest BCUT2D eigenvalue weighted by molar-refractivity contribution is 4.60. The number of nitrogens with one attached hydrogen (secondary N) is 1. The molecule has 1 rings (SSSR count). The maximum absolute atomic E-state index is 8.85. The zero-order valence-electron chi connectivity index (χ0n) is 6.18. The third-order valence-electron chi connectivity index (χ3n) is 1.78. The normalized spacial score (nSPS) is 30.0. The largest absolute Gasteiger partial charge is 0.381 e. The molecule has 1 aliphatic rings. The summed E-state index contributed by atoms with van der Waals surface area (Å²) in [4.78, 5) is 0. The van der Waals surface area contributed by atoms with Crippen LogP contribution in [0.3, 0.4) is 0 Å². The third kappa shape index (κ3) is 2.64. The summed E-state index contributed by atoms with van der Waals surface area (Å²) in [5.74, 6) is 0.506. The molecule has 0 aromatic heterocycles. The maximum atomic E-state index is 8.85. The summed E-state index contributed by atoms with van der Waals surface area (Å²) in [5.41, 5.74) is 0. The fourth-order valence-corrected chi connectivity index (χ4v) is 1.30. The predicted octanol–water partition coefficient (Wildman–Crippen LogP) is -0.521. The van der Waals surface area contributed by atoms with Gasteiger partial charge in [-0.2, -0.15) is 0 Å². The Bertz CT molecular complexity index is 89.6. The minimum atomic E-state index is 0.288. The molecule has 1 heterocycles. The lowest BCUT2D eigenvalue weighted by molar-refractivity contribution is -1.05. The van der Waals surface area contributed by atoms with E-state index in [0.29, 0.717) is 12.5 Å². The molecule has 0 amide bonds. The smallest absolute Gasteiger partial charge is 0.0866 e. The van der Waals surface area contributed by atoms with Crippen LogP contribution in [0.25, 0.3) is 0 Å². The topological polar surface area (TPSA) is 33.9 Å². The van der Waals surface area contributed by atoms with Crippen LogP contribution in [0.5, 0.6) is 0 Å². The van der Waals surface area contributed by atoms with E-state index in [9.17, 15) is 0 Å². The standard InChI is InChI=1S/C7H15NO2/c1-8(9)5-7-3-2-4-10-6-7/h7-9H,1-6H2. The first-order valence-electron chi connectivity index (χ1n) is 3.73. The summed E-state index contributed by atoms with van der Waals surface area (Å²) in [5, 5.41) is 9.14. The van der Waals surface area contributed by atoms with Crippen LogP contribution in [-0.2, 0) is 4.74 Å². The molecule has 2 unspecified atom stereocenters. The van der Waals surface area contributed by atoms with Crippen LogP contribution in [0.4, 0.5) is 0 Å². The lowest BCUT2D eigenvalue weighted by Gasteiger charge is -2.23. The van der Waals surface area contributed by atoms with Gasteiger partial charge >= 0.3 is 0 Å². The Balaban J connectivity index is 2.13. The molecule has 0 aromatic carbocycles. The Hall–Kier alpha value is -0.120. The fourth-order valence-electron chi connectivity index (χ4n) is 1.30. The molecule has 1 saturated heterocycles. The molecule has 0 aromatic rings. The highest BCUT2D eigenvalue weighted by atomic mass is 16.5. The zero-order chi connectivity index (χ0) is 7.40. The van der Waals surface area contributed by atoms with Gasteiger partial charge in [0.2, 0.25) is 0 Å². The van der Waals surface area contributed by atoms with Crippen LogP contribution in [0.15, 0.2) is 0 Å². The van der Waals surface area contributed by atoms with Crippen molar-refractivity contribution in [2.24, 2.45) is 5.92 Å². The highest BCUT2D eigenvalue weighted by Crippen LogP contribution is 2.10. The lowest BCUT2D eigenvalue weighted by atomic mass is 10.0. The van der Waals surface area contributed by atoms with Gasteiger partial charge in [0.25, 0.3) is 0 Å². The first kappa shape index (κ1) is 7.98. The molecule has 0 radical (unpaired) electrons. The maximum Gasteiger partial charge on any atom is 0.0866 e. The van der Waals surface area contributed by atoms with Gasteiger partial charge in [0.15, 0.2) is 0 Å². The molecule has 0 bridgehead atoms. The van der Waals surface area contributed by atoms with Crippen molar-refractivity contribution in [2.45, 2.75) is 12.8 Å². The van der Waals surface area contributed by atoms with Gasteiger partial charge < -0.3 is 9.80 Å². The van der Waals surface area contributed by atoms with E-state index in [1.54, 1.807) is 0 Å². The second-order valence-electron chi connectivity index (χ2n) is 2.85. The van der Waals surface area contributed by atoms with Crippen molar-refractivity contribution in [1.29, 1.82) is 0 Å². The van der Waals surface area contributed by atoms with E-state index >= 15 is 0 Å². The summed E-state index contributed by atoms with van der Waals surface area (Å²) in [6.07, 6.45) is 2.29. The van der Waals surface area contributed by atoms with E-state index in [2.05, 4.69) is 7.05 Å². The van der Waals surface area contributed by atoms with E-state index in [1.807, 2.05) is 0 Å². The Morgan fingerprint density at radius 2 is 2.50 bits per heavy atom. The fraction of sp³-hybridized carbons (Fsp3) is 0.857. The minimum Gasteiger partial charge on any atom is -0.381 e. The quantitative estimate of drug-likeness (QED) is 0.405. The van der Waals surface area contributed by atoms with Gasteiger partial charge in [-0.05, 0) is 12.8 Å². The van der Waals surface area contributed by atoms with Crippen LogP contribution >= 0.6 is 0 Å². The van der Waals surface area contributed by atoms with Crippen molar-refractivity contribution < 1.29 is 15.0 Å². The number of hydroxylamine groups is 2. The molecule has 10 heavy (non-hydrogen) atoms. The van der Waals surface area contributed by atoms with Gasteiger partial charge in [0.1, 0.15) is 0 Å². The number of hydrogen-bond donors (Lipinski definition) is 2. The molecule has 1 fully saturated rings. The second kappa shape index (κ2) is 3.91. The minimum absolute atomic E-state index is 0.288. The molecular formula is C7H15NO2. The second-order valence-corrected chi connectivity index (χ2v) is 2.85. The van der Waals surface area contributed by atoms with E-state index in [1.165, 1.54) is 6.42 Å².